The SMILES string of the molecule is COc1ccc(Br)cc1COc1cc(C)ccc1[N+](=O)[O-]. The van der Waals surface area contributed by atoms with Crippen LogP contribution in [0.4, 0.5) is 5.69 Å². The molecule has 21 heavy (non-hydrogen) atoms. The molecule has 0 saturated carbocycles. The number of ether oxygens (including phenoxy) is 2. The highest BCUT2D eigenvalue weighted by Crippen LogP contribution is 2.30. The zero-order chi connectivity index (χ0) is 15.4. The molecule has 5 nitrogen and oxygen atoms in total. The largest absolute Gasteiger partial charge is 0.496 e. The van der Waals surface area contributed by atoms with Gasteiger partial charge in [-0.05, 0) is 36.8 Å². The third-order valence-electron chi connectivity index (χ3n) is 2.94. The number of hydrogen-bond donors (Lipinski definition) is 0. The predicted molar refractivity (Wildman–Crippen MR) is 82.9 cm³/mol. The van der Waals surface area contributed by atoms with Crippen LogP contribution in [0.1, 0.15) is 11.1 Å². The second-order valence-corrected chi connectivity index (χ2v) is 5.39. The van der Waals surface area contributed by atoms with Crippen molar-refractivity contribution in [1.82, 2.24) is 0 Å². The minimum Gasteiger partial charge on any atom is -0.496 e. The average molecular weight is 352 g/mol. The molecule has 0 unspecified atom stereocenters. The molecule has 0 aliphatic carbocycles. The number of nitrogens with zero attached hydrogens (tertiary/aromatic N) is 1. The molecule has 0 heterocycles. The van der Waals surface area contributed by atoms with Crippen LogP contribution in [0.3, 0.4) is 0 Å². The minimum absolute atomic E-state index is 0.0467. The van der Waals surface area contributed by atoms with E-state index in [-0.39, 0.29) is 18.0 Å². The minimum atomic E-state index is -0.451. The first kappa shape index (κ1) is 15.3. The topological polar surface area (TPSA) is 61.6 Å². The molecule has 0 aliphatic rings. The van der Waals surface area contributed by atoms with Crippen LogP contribution in [0.5, 0.6) is 11.5 Å². The number of methoxy groups -OCH3 is 1. The van der Waals surface area contributed by atoms with Crippen LogP contribution in [0.25, 0.3) is 0 Å². The van der Waals surface area contributed by atoms with Gasteiger partial charge in [0.05, 0.1) is 12.0 Å². The summed E-state index contributed by atoms with van der Waals surface area (Å²) in [5.74, 6) is 0.926. The Kier molecular flexibility index (Phi) is 4.80. The van der Waals surface area contributed by atoms with E-state index in [0.717, 1.165) is 15.6 Å². The van der Waals surface area contributed by atoms with Crippen molar-refractivity contribution >= 4 is 21.6 Å². The van der Waals surface area contributed by atoms with Crippen LogP contribution < -0.4 is 9.47 Å². The smallest absolute Gasteiger partial charge is 0.310 e. The molecule has 0 atom stereocenters. The summed E-state index contributed by atoms with van der Waals surface area (Å²) < 4.78 is 11.8. The van der Waals surface area contributed by atoms with Crippen molar-refractivity contribution in [2.75, 3.05) is 7.11 Å². The van der Waals surface area contributed by atoms with Crippen LogP contribution >= 0.6 is 15.9 Å². The van der Waals surface area contributed by atoms with Gasteiger partial charge in [0.15, 0.2) is 5.75 Å². The van der Waals surface area contributed by atoms with E-state index in [9.17, 15) is 10.1 Å². The van der Waals surface area contributed by atoms with Crippen LogP contribution in [-0.2, 0) is 6.61 Å². The van der Waals surface area contributed by atoms with Crippen molar-refractivity contribution in [3.05, 3.63) is 62.1 Å². The van der Waals surface area contributed by atoms with E-state index in [2.05, 4.69) is 15.9 Å². The number of aryl methyl sites for hydroxylation is 1. The number of rotatable bonds is 5. The lowest BCUT2D eigenvalue weighted by molar-refractivity contribution is -0.386. The molecule has 2 rings (SSSR count). The molecule has 2 aromatic rings. The summed E-state index contributed by atoms with van der Waals surface area (Å²) in [6, 6.07) is 10.3. The molecule has 0 N–H and O–H groups in total. The van der Waals surface area contributed by atoms with Gasteiger partial charge in [0, 0.05) is 16.1 Å². The molecule has 0 aromatic heterocycles. The molecule has 0 spiro atoms. The Bertz CT molecular complexity index is 673. The van der Waals surface area contributed by atoms with Crippen molar-refractivity contribution in [2.24, 2.45) is 0 Å². The maximum absolute atomic E-state index is 11.0. The fourth-order valence-corrected chi connectivity index (χ4v) is 2.31. The predicted octanol–water partition coefficient (Wildman–Crippen LogP) is 4.25. The monoisotopic (exact) mass is 351 g/mol. The summed E-state index contributed by atoms with van der Waals surface area (Å²) >= 11 is 3.38. The van der Waals surface area contributed by atoms with E-state index in [1.54, 1.807) is 19.2 Å². The second-order valence-electron chi connectivity index (χ2n) is 4.47. The van der Waals surface area contributed by atoms with Crippen molar-refractivity contribution in [1.29, 1.82) is 0 Å². The maximum atomic E-state index is 11.0. The average Bonchev–Trinajstić information content (AvgIpc) is 2.45. The van der Waals surface area contributed by atoms with E-state index >= 15 is 0 Å². The maximum Gasteiger partial charge on any atom is 0.310 e. The fourth-order valence-electron chi connectivity index (χ4n) is 1.90. The summed E-state index contributed by atoms with van der Waals surface area (Å²) in [6.45, 7) is 2.04. The zero-order valence-corrected chi connectivity index (χ0v) is 13.2. The molecular weight excluding hydrogens is 338 g/mol. The Hall–Kier alpha value is -2.08. The number of nitro groups is 1. The van der Waals surface area contributed by atoms with Gasteiger partial charge in [0.2, 0.25) is 0 Å². The summed E-state index contributed by atoms with van der Waals surface area (Å²) in [5, 5.41) is 11.0. The summed E-state index contributed by atoms with van der Waals surface area (Å²) in [4.78, 5) is 10.6. The van der Waals surface area contributed by atoms with Crippen LogP contribution in [0, 0.1) is 17.0 Å². The van der Waals surface area contributed by atoms with Crippen molar-refractivity contribution in [3.63, 3.8) is 0 Å². The third kappa shape index (κ3) is 3.72. The molecule has 0 aliphatic heterocycles. The highest BCUT2D eigenvalue weighted by atomic mass is 79.9. The van der Waals surface area contributed by atoms with Crippen LogP contribution in [0.15, 0.2) is 40.9 Å². The zero-order valence-electron chi connectivity index (χ0n) is 11.6. The molecule has 0 fully saturated rings. The molecule has 110 valence electrons. The van der Waals surface area contributed by atoms with Gasteiger partial charge in [-0.1, -0.05) is 22.0 Å². The molecule has 0 amide bonds. The first-order valence-corrected chi connectivity index (χ1v) is 7.01. The van der Waals surface area contributed by atoms with E-state index in [1.807, 2.05) is 25.1 Å². The normalized spacial score (nSPS) is 10.2. The number of nitro benzene ring substituents is 1. The molecule has 0 radical (unpaired) electrons. The van der Waals surface area contributed by atoms with E-state index in [0.29, 0.717) is 5.75 Å². The van der Waals surface area contributed by atoms with Crippen molar-refractivity contribution in [2.45, 2.75) is 13.5 Å². The lowest BCUT2D eigenvalue weighted by Crippen LogP contribution is -2.01. The number of halogens is 1. The Morgan fingerprint density at radius 3 is 2.62 bits per heavy atom. The second kappa shape index (κ2) is 6.58. The number of hydrogen-bond acceptors (Lipinski definition) is 4. The third-order valence-corrected chi connectivity index (χ3v) is 3.43. The van der Waals surface area contributed by atoms with Gasteiger partial charge in [0.1, 0.15) is 12.4 Å². The quantitative estimate of drug-likeness (QED) is 0.596. The van der Waals surface area contributed by atoms with E-state index in [1.165, 1.54) is 6.07 Å². The summed E-state index contributed by atoms with van der Waals surface area (Å²) in [6.07, 6.45) is 0. The first-order valence-electron chi connectivity index (χ1n) is 6.21. The van der Waals surface area contributed by atoms with E-state index < -0.39 is 4.92 Å². The van der Waals surface area contributed by atoms with Gasteiger partial charge in [-0.15, -0.1) is 0 Å². The standard InChI is InChI=1S/C15H14BrNO4/c1-10-3-5-13(17(18)19)15(7-10)21-9-11-8-12(16)4-6-14(11)20-2/h3-8H,9H2,1-2H3. The van der Waals surface area contributed by atoms with Crippen LogP contribution in [-0.4, -0.2) is 12.0 Å². The highest BCUT2D eigenvalue weighted by molar-refractivity contribution is 9.10. The highest BCUT2D eigenvalue weighted by Gasteiger charge is 2.15. The van der Waals surface area contributed by atoms with Gasteiger partial charge in [-0.3, -0.25) is 10.1 Å². The van der Waals surface area contributed by atoms with Crippen LogP contribution in [0.2, 0.25) is 0 Å². The molecule has 0 saturated heterocycles. The molecule has 0 bridgehead atoms. The molecule has 2 aromatic carbocycles. The summed E-state index contributed by atoms with van der Waals surface area (Å²) in [7, 11) is 1.57. The molecule has 6 heteroatoms. The van der Waals surface area contributed by atoms with Gasteiger partial charge in [0.25, 0.3) is 0 Å². The van der Waals surface area contributed by atoms with E-state index in [4.69, 9.17) is 9.47 Å². The van der Waals surface area contributed by atoms with Gasteiger partial charge < -0.3 is 9.47 Å². The lowest BCUT2D eigenvalue weighted by atomic mass is 10.2. The van der Waals surface area contributed by atoms with Gasteiger partial charge in [-0.25, -0.2) is 0 Å². The number of benzene rings is 2. The Balaban J connectivity index is 2.26. The van der Waals surface area contributed by atoms with Gasteiger partial charge in [-0.2, -0.15) is 0 Å². The fraction of sp³-hybridized carbons (Fsp3) is 0.200. The van der Waals surface area contributed by atoms with Crippen molar-refractivity contribution in [3.8, 4) is 11.5 Å². The van der Waals surface area contributed by atoms with Gasteiger partial charge >= 0.3 is 5.69 Å². The van der Waals surface area contributed by atoms with Crippen molar-refractivity contribution < 1.29 is 14.4 Å². The Morgan fingerprint density at radius 1 is 1.19 bits per heavy atom. The Morgan fingerprint density at radius 2 is 1.95 bits per heavy atom. The lowest BCUT2D eigenvalue weighted by Gasteiger charge is -2.11. The molecular formula is C15H14BrNO4. The first-order chi connectivity index (χ1) is 10.0. The Labute approximate surface area is 130 Å². The summed E-state index contributed by atoms with van der Waals surface area (Å²) in [5.41, 5.74) is 1.66.